The van der Waals surface area contributed by atoms with Gasteiger partial charge in [-0.3, -0.25) is 10.1 Å². The molecule has 2 aromatic carbocycles. The van der Waals surface area contributed by atoms with Crippen LogP contribution < -0.4 is 20.5 Å². The molecule has 0 radical (unpaired) electrons. The SMILES string of the molecule is NC(=O)c1cccnc1Oc1ccc(C[C@@H](CO)NC(Oc2ccccc2)[C@H](O)CF)cc1. The van der Waals surface area contributed by atoms with Gasteiger partial charge >= 0.3 is 0 Å². The highest BCUT2D eigenvalue weighted by Gasteiger charge is 2.24. The number of hydrogen-bond donors (Lipinski definition) is 4. The van der Waals surface area contributed by atoms with Crippen LogP contribution in [0.5, 0.6) is 17.4 Å². The van der Waals surface area contributed by atoms with Crippen LogP contribution in [0.25, 0.3) is 0 Å². The van der Waals surface area contributed by atoms with Crippen molar-refractivity contribution in [2.75, 3.05) is 13.3 Å². The van der Waals surface area contributed by atoms with Gasteiger partial charge in [0.05, 0.1) is 6.61 Å². The quantitative estimate of drug-likeness (QED) is 0.308. The summed E-state index contributed by atoms with van der Waals surface area (Å²) in [5, 5.41) is 22.8. The largest absolute Gasteiger partial charge is 0.472 e. The Morgan fingerprint density at radius 2 is 1.79 bits per heavy atom. The van der Waals surface area contributed by atoms with E-state index in [1.807, 2.05) is 6.07 Å². The van der Waals surface area contributed by atoms with Crippen molar-refractivity contribution in [2.45, 2.75) is 24.8 Å². The molecule has 0 fully saturated rings. The van der Waals surface area contributed by atoms with Crippen LogP contribution in [0.2, 0.25) is 0 Å². The van der Waals surface area contributed by atoms with Crippen molar-refractivity contribution in [2.24, 2.45) is 5.73 Å². The Morgan fingerprint density at radius 1 is 1.06 bits per heavy atom. The standard InChI is InChI=1S/C24H26FN3O5/c25-14-21(30)24(33-18-5-2-1-3-6-18)28-17(15-29)13-16-8-10-19(11-9-16)32-23-20(22(26)31)7-4-12-27-23/h1-12,17,21,24,28-30H,13-15H2,(H2,26,31)/t17-,21+,24?/m0/s1. The number of aliphatic hydroxyl groups is 2. The predicted octanol–water partition coefficient (Wildman–Crippen LogP) is 2.20. The number of pyridine rings is 1. The average molecular weight is 455 g/mol. The summed E-state index contributed by atoms with van der Waals surface area (Å²) < 4.78 is 24.5. The molecular formula is C24H26FN3O5. The maximum Gasteiger partial charge on any atom is 0.254 e. The molecule has 3 rings (SSSR count). The van der Waals surface area contributed by atoms with Crippen molar-refractivity contribution < 1.29 is 28.9 Å². The Kier molecular flexibility index (Phi) is 8.71. The lowest BCUT2D eigenvalue weighted by Gasteiger charge is -2.28. The summed E-state index contributed by atoms with van der Waals surface area (Å²) in [6.45, 7) is -1.27. The van der Waals surface area contributed by atoms with Gasteiger partial charge in [-0.1, -0.05) is 30.3 Å². The Balaban J connectivity index is 1.65. The second-order valence-electron chi connectivity index (χ2n) is 7.29. The molecule has 0 aliphatic carbocycles. The molecule has 0 aliphatic rings. The van der Waals surface area contributed by atoms with Crippen LogP contribution in [0, 0.1) is 0 Å². The Bertz CT molecular complexity index is 1020. The topological polar surface area (TPSA) is 127 Å². The van der Waals surface area contributed by atoms with Crippen molar-refractivity contribution in [3.8, 4) is 17.4 Å². The van der Waals surface area contributed by atoms with Gasteiger partial charge in [-0.2, -0.15) is 0 Å². The third kappa shape index (κ3) is 6.98. The molecule has 1 heterocycles. The van der Waals surface area contributed by atoms with Gasteiger partial charge in [-0.15, -0.1) is 0 Å². The van der Waals surface area contributed by atoms with E-state index in [2.05, 4.69) is 10.3 Å². The number of aromatic nitrogens is 1. The number of amides is 1. The fraction of sp³-hybridized carbons (Fsp3) is 0.250. The fourth-order valence-corrected chi connectivity index (χ4v) is 3.11. The highest BCUT2D eigenvalue weighted by atomic mass is 19.1. The highest BCUT2D eigenvalue weighted by Crippen LogP contribution is 2.23. The number of nitrogens with two attached hydrogens (primary N) is 1. The molecule has 8 nitrogen and oxygen atoms in total. The summed E-state index contributed by atoms with van der Waals surface area (Å²) in [5.41, 5.74) is 6.36. The summed E-state index contributed by atoms with van der Waals surface area (Å²) in [6, 6.07) is 18.3. The minimum Gasteiger partial charge on any atom is -0.472 e. The Hall–Kier alpha value is -3.53. The second kappa shape index (κ2) is 11.9. The third-order valence-corrected chi connectivity index (χ3v) is 4.79. The third-order valence-electron chi connectivity index (χ3n) is 4.79. The van der Waals surface area contributed by atoms with E-state index in [4.69, 9.17) is 15.2 Å². The molecule has 3 atom stereocenters. The maximum absolute atomic E-state index is 13.1. The van der Waals surface area contributed by atoms with Crippen molar-refractivity contribution in [3.05, 3.63) is 84.1 Å². The molecule has 0 spiro atoms. The van der Waals surface area contributed by atoms with Crippen molar-refractivity contribution >= 4 is 5.91 Å². The molecule has 9 heteroatoms. The van der Waals surface area contributed by atoms with Crippen LogP contribution in [0.3, 0.4) is 0 Å². The van der Waals surface area contributed by atoms with Gasteiger partial charge < -0.3 is 25.4 Å². The lowest BCUT2D eigenvalue weighted by atomic mass is 10.1. The second-order valence-corrected chi connectivity index (χ2v) is 7.29. The zero-order chi connectivity index (χ0) is 23.6. The molecule has 174 valence electrons. The fourth-order valence-electron chi connectivity index (χ4n) is 3.11. The van der Waals surface area contributed by atoms with Crippen LogP contribution >= 0.6 is 0 Å². The van der Waals surface area contributed by atoms with Crippen molar-refractivity contribution in [1.29, 1.82) is 0 Å². The first-order valence-electron chi connectivity index (χ1n) is 10.3. The minimum absolute atomic E-state index is 0.105. The first-order chi connectivity index (χ1) is 16.0. The van der Waals surface area contributed by atoms with Crippen LogP contribution in [0.15, 0.2) is 72.9 Å². The predicted molar refractivity (Wildman–Crippen MR) is 120 cm³/mol. The Labute approximate surface area is 190 Å². The van der Waals surface area contributed by atoms with Gasteiger partial charge in [0.25, 0.3) is 5.91 Å². The van der Waals surface area contributed by atoms with Gasteiger partial charge in [0.1, 0.15) is 29.8 Å². The van der Waals surface area contributed by atoms with E-state index >= 15 is 0 Å². The average Bonchev–Trinajstić information content (AvgIpc) is 2.84. The van der Waals surface area contributed by atoms with E-state index in [0.29, 0.717) is 17.9 Å². The summed E-state index contributed by atoms with van der Waals surface area (Å²) >= 11 is 0. The number of carbonyl (C=O) groups excluding carboxylic acids is 1. The van der Waals surface area contributed by atoms with Gasteiger partial charge in [0, 0.05) is 12.2 Å². The summed E-state index contributed by atoms with van der Waals surface area (Å²) in [7, 11) is 0. The number of ether oxygens (including phenoxy) is 2. The van der Waals surface area contributed by atoms with Crippen LogP contribution in [-0.4, -0.2) is 52.8 Å². The molecule has 1 aromatic heterocycles. The molecule has 0 saturated carbocycles. The van der Waals surface area contributed by atoms with E-state index in [-0.39, 0.29) is 18.1 Å². The molecule has 3 aromatic rings. The summed E-state index contributed by atoms with van der Waals surface area (Å²) in [5.74, 6) is 0.375. The smallest absolute Gasteiger partial charge is 0.254 e. The number of nitrogens with zero attached hydrogens (tertiary/aromatic N) is 1. The van der Waals surface area contributed by atoms with E-state index < -0.39 is 31.0 Å². The van der Waals surface area contributed by atoms with Crippen LogP contribution in [0.4, 0.5) is 4.39 Å². The number of carbonyl (C=O) groups is 1. The summed E-state index contributed by atoms with van der Waals surface area (Å²) in [6.07, 6.45) is -0.588. The van der Waals surface area contributed by atoms with E-state index in [1.54, 1.807) is 54.6 Å². The number of hydrogen-bond acceptors (Lipinski definition) is 7. The number of halogens is 1. The molecule has 0 saturated heterocycles. The lowest BCUT2D eigenvalue weighted by molar-refractivity contribution is -0.00874. The molecule has 1 unspecified atom stereocenters. The number of benzene rings is 2. The number of nitrogens with one attached hydrogen (secondary N) is 1. The first kappa shape index (κ1) is 24.1. The number of rotatable bonds is 12. The van der Waals surface area contributed by atoms with E-state index in [0.717, 1.165) is 5.56 Å². The van der Waals surface area contributed by atoms with E-state index in [1.165, 1.54) is 12.3 Å². The number of aliphatic hydroxyl groups excluding tert-OH is 2. The number of para-hydroxylation sites is 1. The molecule has 1 amide bonds. The normalized spacial score (nSPS) is 13.7. The zero-order valence-electron chi connectivity index (χ0n) is 17.8. The minimum atomic E-state index is -1.41. The Morgan fingerprint density at radius 3 is 2.42 bits per heavy atom. The van der Waals surface area contributed by atoms with Crippen molar-refractivity contribution in [1.82, 2.24) is 10.3 Å². The van der Waals surface area contributed by atoms with Crippen LogP contribution in [0.1, 0.15) is 15.9 Å². The van der Waals surface area contributed by atoms with E-state index in [9.17, 15) is 19.4 Å². The summed E-state index contributed by atoms with van der Waals surface area (Å²) in [4.78, 5) is 15.6. The van der Waals surface area contributed by atoms with Gasteiger partial charge in [0.15, 0.2) is 6.23 Å². The molecule has 5 N–H and O–H groups in total. The van der Waals surface area contributed by atoms with Crippen LogP contribution in [-0.2, 0) is 6.42 Å². The molecule has 33 heavy (non-hydrogen) atoms. The lowest BCUT2D eigenvalue weighted by Crippen LogP contribution is -2.51. The highest BCUT2D eigenvalue weighted by molar-refractivity contribution is 5.95. The van der Waals surface area contributed by atoms with Gasteiger partial charge in [-0.25, -0.2) is 9.37 Å². The van der Waals surface area contributed by atoms with Gasteiger partial charge in [-0.05, 0) is 48.4 Å². The molecular weight excluding hydrogens is 429 g/mol. The number of primary amides is 1. The first-order valence-corrected chi connectivity index (χ1v) is 10.3. The maximum atomic E-state index is 13.1. The van der Waals surface area contributed by atoms with Crippen molar-refractivity contribution in [3.63, 3.8) is 0 Å². The monoisotopic (exact) mass is 455 g/mol. The molecule has 0 bridgehead atoms. The molecule has 0 aliphatic heterocycles. The number of alkyl halides is 1. The van der Waals surface area contributed by atoms with Gasteiger partial charge in [0.2, 0.25) is 5.88 Å². The zero-order valence-corrected chi connectivity index (χ0v) is 17.8.